The number of aromatic nitrogens is 2. The van der Waals surface area contributed by atoms with Gasteiger partial charge in [-0.25, -0.2) is 9.78 Å². The van der Waals surface area contributed by atoms with Crippen molar-refractivity contribution in [1.29, 1.82) is 0 Å². The predicted octanol–water partition coefficient (Wildman–Crippen LogP) is 5.46. The SMILES string of the molecule is CC(C)(C)OC(C)(C)C.O=C(O)NCc1ncc(-c2ccc(C(F)(F)F)cc2)[nH]1. The summed E-state index contributed by atoms with van der Waals surface area (Å²) in [6, 6.07) is 4.60. The number of amides is 1. The van der Waals surface area contributed by atoms with Gasteiger partial charge in [0, 0.05) is 0 Å². The fraction of sp³-hybridized carbons (Fsp3) is 0.500. The van der Waals surface area contributed by atoms with E-state index in [1.54, 1.807) is 0 Å². The number of nitrogens with one attached hydrogen (secondary N) is 2. The zero-order chi connectivity index (χ0) is 22.5. The molecule has 0 radical (unpaired) electrons. The van der Waals surface area contributed by atoms with Crippen molar-refractivity contribution < 1.29 is 27.8 Å². The van der Waals surface area contributed by atoms with E-state index in [9.17, 15) is 18.0 Å². The van der Waals surface area contributed by atoms with E-state index in [1.807, 2.05) is 0 Å². The van der Waals surface area contributed by atoms with Gasteiger partial charge in [0.2, 0.25) is 0 Å². The van der Waals surface area contributed by atoms with Crippen LogP contribution in [0.3, 0.4) is 0 Å². The van der Waals surface area contributed by atoms with Gasteiger partial charge in [0.1, 0.15) is 5.82 Å². The Kier molecular flexibility index (Phi) is 7.85. The smallest absolute Gasteiger partial charge is 0.416 e. The van der Waals surface area contributed by atoms with Crippen LogP contribution in [0.1, 0.15) is 52.9 Å². The second-order valence-corrected chi connectivity index (χ2v) is 8.30. The lowest BCUT2D eigenvalue weighted by atomic mass is 10.1. The molecule has 2 rings (SSSR count). The van der Waals surface area contributed by atoms with Crippen LogP contribution in [0.2, 0.25) is 0 Å². The molecule has 6 nitrogen and oxygen atoms in total. The Morgan fingerprint density at radius 1 is 1.07 bits per heavy atom. The fourth-order valence-electron chi connectivity index (χ4n) is 2.52. The molecule has 0 bridgehead atoms. The molecule has 1 heterocycles. The molecule has 0 atom stereocenters. The van der Waals surface area contributed by atoms with Gasteiger partial charge in [-0.2, -0.15) is 13.2 Å². The number of hydrogen-bond donors (Lipinski definition) is 3. The topological polar surface area (TPSA) is 87.2 Å². The van der Waals surface area contributed by atoms with Crippen LogP contribution in [0.25, 0.3) is 11.3 Å². The van der Waals surface area contributed by atoms with Crippen molar-refractivity contribution in [2.75, 3.05) is 0 Å². The Balaban J connectivity index is 0.000000396. The fourth-order valence-corrected chi connectivity index (χ4v) is 2.52. The number of hydrogen-bond acceptors (Lipinski definition) is 3. The van der Waals surface area contributed by atoms with Crippen molar-refractivity contribution in [3.63, 3.8) is 0 Å². The van der Waals surface area contributed by atoms with Crippen LogP contribution in [-0.4, -0.2) is 32.4 Å². The summed E-state index contributed by atoms with van der Waals surface area (Å²) in [5.74, 6) is 0.377. The average Bonchev–Trinajstić information content (AvgIpc) is 2.98. The Bertz CT molecular complexity index is 774. The molecule has 0 aliphatic carbocycles. The van der Waals surface area contributed by atoms with E-state index in [1.165, 1.54) is 18.3 Å². The molecule has 0 saturated heterocycles. The molecule has 3 N–H and O–H groups in total. The molecule has 9 heteroatoms. The maximum atomic E-state index is 12.4. The van der Waals surface area contributed by atoms with Crippen LogP contribution < -0.4 is 5.32 Å². The van der Waals surface area contributed by atoms with E-state index in [4.69, 9.17) is 9.84 Å². The van der Waals surface area contributed by atoms with Crippen molar-refractivity contribution in [3.05, 3.63) is 41.9 Å². The number of carbonyl (C=O) groups is 1. The third-order valence-corrected chi connectivity index (χ3v) is 3.17. The van der Waals surface area contributed by atoms with Gasteiger partial charge in [-0.3, -0.25) is 0 Å². The van der Waals surface area contributed by atoms with Gasteiger partial charge in [-0.05, 0) is 59.2 Å². The minimum Gasteiger partial charge on any atom is -0.465 e. The number of benzene rings is 1. The molecule has 1 aromatic carbocycles. The summed E-state index contributed by atoms with van der Waals surface area (Å²) in [6.45, 7) is 12.4. The first-order valence-electron chi connectivity index (χ1n) is 8.95. The van der Waals surface area contributed by atoms with Crippen molar-refractivity contribution in [3.8, 4) is 11.3 Å². The Morgan fingerprint density at radius 3 is 1.97 bits per heavy atom. The third-order valence-electron chi connectivity index (χ3n) is 3.17. The number of ether oxygens (including phenoxy) is 1. The highest BCUT2D eigenvalue weighted by atomic mass is 19.4. The lowest BCUT2D eigenvalue weighted by molar-refractivity contribution is -0.137. The number of alkyl halides is 3. The maximum absolute atomic E-state index is 12.4. The monoisotopic (exact) mass is 415 g/mol. The van der Waals surface area contributed by atoms with Gasteiger partial charge >= 0.3 is 12.3 Å². The van der Waals surface area contributed by atoms with Crippen LogP contribution in [0.4, 0.5) is 18.0 Å². The Hall–Kier alpha value is -2.55. The molecule has 2 aromatic rings. The predicted molar refractivity (Wildman–Crippen MR) is 104 cm³/mol. The van der Waals surface area contributed by atoms with Crippen LogP contribution in [0.5, 0.6) is 0 Å². The first-order chi connectivity index (χ1) is 13.1. The standard InChI is InChI=1S/C12H10F3N3O2.C8H18O/c13-12(14,15)8-3-1-7(2-4-8)9-5-16-10(18-9)6-17-11(19)20;1-7(2,3)9-8(4,5)6/h1-5,17H,6H2,(H,16,18)(H,19,20);1-6H3. The molecule has 0 saturated carbocycles. The van der Waals surface area contributed by atoms with Crippen molar-refractivity contribution >= 4 is 6.09 Å². The lowest BCUT2D eigenvalue weighted by Crippen LogP contribution is -2.31. The van der Waals surface area contributed by atoms with E-state index in [0.29, 0.717) is 17.1 Å². The molecule has 162 valence electrons. The molecule has 29 heavy (non-hydrogen) atoms. The normalized spacial score (nSPS) is 12.2. The highest BCUT2D eigenvalue weighted by molar-refractivity contribution is 5.64. The zero-order valence-electron chi connectivity index (χ0n) is 17.4. The number of H-pyrrole nitrogens is 1. The average molecular weight is 415 g/mol. The Morgan fingerprint density at radius 2 is 1.59 bits per heavy atom. The lowest BCUT2D eigenvalue weighted by Gasteiger charge is -2.30. The Labute approximate surface area is 168 Å². The summed E-state index contributed by atoms with van der Waals surface area (Å²) in [4.78, 5) is 17.1. The molecule has 1 amide bonds. The number of carboxylic acid groups (broad SMARTS) is 1. The van der Waals surface area contributed by atoms with E-state index in [-0.39, 0.29) is 17.7 Å². The molecule has 0 unspecified atom stereocenters. The van der Waals surface area contributed by atoms with Crippen molar-refractivity contribution in [2.24, 2.45) is 0 Å². The molecule has 0 fully saturated rings. The van der Waals surface area contributed by atoms with Gasteiger partial charge in [0.15, 0.2) is 0 Å². The molecular formula is C20H28F3N3O3. The summed E-state index contributed by atoms with van der Waals surface area (Å²) in [5, 5.41) is 10.6. The van der Waals surface area contributed by atoms with Gasteiger partial charge in [0.25, 0.3) is 0 Å². The van der Waals surface area contributed by atoms with Crippen molar-refractivity contribution in [1.82, 2.24) is 15.3 Å². The summed E-state index contributed by atoms with van der Waals surface area (Å²) in [6.07, 6.45) is -4.12. The van der Waals surface area contributed by atoms with Crippen molar-refractivity contribution in [2.45, 2.75) is 65.5 Å². The number of aromatic amines is 1. The van der Waals surface area contributed by atoms with Gasteiger partial charge < -0.3 is 20.1 Å². The zero-order valence-corrected chi connectivity index (χ0v) is 17.4. The van der Waals surface area contributed by atoms with E-state index in [2.05, 4.69) is 56.8 Å². The number of imidazole rings is 1. The van der Waals surface area contributed by atoms with Crippen LogP contribution in [0.15, 0.2) is 30.5 Å². The minimum atomic E-state index is -4.37. The van der Waals surface area contributed by atoms with E-state index in [0.717, 1.165) is 12.1 Å². The summed E-state index contributed by atoms with van der Waals surface area (Å²) in [5.41, 5.74) is 0.290. The molecular weight excluding hydrogens is 387 g/mol. The molecule has 0 aliphatic heterocycles. The molecule has 0 aliphatic rings. The number of nitrogens with zero attached hydrogens (tertiary/aromatic N) is 1. The number of rotatable bonds is 3. The quantitative estimate of drug-likeness (QED) is 0.621. The van der Waals surface area contributed by atoms with Gasteiger partial charge in [-0.1, -0.05) is 12.1 Å². The molecule has 1 aromatic heterocycles. The molecule has 0 spiro atoms. The second kappa shape index (κ2) is 9.30. The first kappa shape index (κ1) is 24.5. The highest BCUT2D eigenvalue weighted by Crippen LogP contribution is 2.30. The highest BCUT2D eigenvalue weighted by Gasteiger charge is 2.30. The minimum absolute atomic E-state index is 0.00400. The van der Waals surface area contributed by atoms with Crippen LogP contribution in [0, 0.1) is 0 Å². The second-order valence-electron chi connectivity index (χ2n) is 8.30. The van der Waals surface area contributed by atoms with E-state index >= 15 is 0 Å². The summed E-state index contributed by atoms with van der Waals surface area (Å²) < 4.78 is 42.9. The third kappa shape index (κ3) is 9.98. The number of halogens is 3. The van der Waals surface area contributed by atoms with Crippen LogP contribution in [-0.2, 0) is 17.5 Å². The maximum Gasteiger partial charge on any atom is 0.416 e. The first-order valence-corrected chi connectivity index (χ1v) is 8.95. The van der Waals surface area contributed by atoms with Gasteiger partial charge in [0.05, 0.1) is 35.2 Å². The largest absolute Gasteiger partial charge is 0.465 e. The summed E-state index contributed by atoms with van der Waals surface area (Å²) >= 11 is 0. The summed E-state index contributed by atoms with van der Waals surface area (Å²) in [7, 11) is 0. The van der Waals surface area contributed by atoms with Crippen LogP contribution >= 0.6 is 0 Å². The van der Waals surface area contributed by atoms with Gasteiger partial charge in [-0.15, -0.1) is 0 Å². The van der Waals surface area contributed by atoms with E-state index < -0.39 is 17.8 Å².